The van der Waals surface area contributed by atoms with E-state index in [0.29, 0.717) is 17.7 Å². The standard InChI is InChI=1S/C16H23N3O/c17-15-11-6-5-10(9-11)14(15)16(20)19-8-2-4-13(19)12-3-1-7-18-12/h1,3,7,10-11,13-15,18H,2,4-6,8-9,17H2. The van der Waals surface area contributed by atoms with Gasteiger partial charge in [0.2, 0.25) is 5.91 Å². The lowest BCUT2D eigenvalue weighted by Crippen LogP contribution is -2.46. The van der Waals surface area contributed by atoms with Gasteiger partial charge in [-0.2, -0.15) is 0 Å². The number of carbonyl (C=O) groups is 1. The van der Waals surface area contributed by atoms with Gasteiger partial charge in [0.15, 0.2) is 0 Å². The normalized spacial score (nSPS) is 39.6. The zero-order valence-electron chi connectivity index (χ0n) is 11.8. The van der Waals surface area contributed by atoms with Crippen LogP contribution in [0.25, 0.3) is 0 Å². The number of hydrogen-bond acceptors (Lipinski definition) is 2. The first-order chi connectivity index (χ1) is 9.75. The van der Waals surface area contributed by atoms with Crippen molar-refractivity contribution >= 4 is 5.91 Å². The summed E-state index contributed by atoms with van der Waals surface area (Å²) in [7, 11) is 0. The Bertz CT molecular complexity index is 496. The lowest BCUT2D eigenvalue weighted by Gasteiger charge is -2.33. The molecular weight excluding hydrogens is 250 g/mol. The highest BCUT2D eigenvalue weighted by Gasteiger charge is 2.51. The van der Waals surface area contributed by atoms with Gasteiger partial charge in [0.1, 0.15) is 0 Å². The number of carbonyl (C=O) groups excluding carboxylic acids is 1. The number of nitrogens with zero attached hydrogens (tertiary/aromatic N) is 1. The molecule has 5 atom stereocenters. The largest absolute Gasteiger partial charge is 0.363 e. The van der Waals surface area contributed by atoms with Crippen molar-refractivity contribution in [2.75, 3.05) is 6.54 Å². The molecule has 3 fully saturated rings. The molecule has 3 N–H and O–H groups in total. The molecule has 0 radical (unpaired) electrons. The summed E-state index contributed by atoms with van der Waals surface area (Å²) in [5.41, 5.74) is 7.52. The predicted octanol–water partition coefficient (Wildman–Crippen LogP) is 2.05. The van der Waals surface area contributed by atoms with Crippen LogP contribution in [0, 0.1) is 17.8 Å². The SMILES string of the molecule is NC1C2CCC(C2)C1C(=O)N1CCCC1c1ccc[nH]1. The zero-order valence-corrected chi connectivity index (χ0v) is 11.8. The van der Waals surface area contributed by atoms with Crippen LogP contribution in [0.4, 0.5) is 0 Å². The summed E-state index contributed by atoms with van der Waals surface area (Å²) in [5, 5.41) is 0. The van der Waals surface area contributed by atoms with Crippen molar-refractivity contribution in [1.82, 2.24) is 9.88 Å². The Hall–Kier alpha value is -1.29. The lowest BCUT2D eigenvalue weighted by molar-refractivity contribution is -0.138. The van der Waals surface area contributed by atoms with Crippen molar-refractivity contribution in [3.8, 4) is 0 Å². The molecule has 108 valence electrons. The molecule has 4 nitrogen and oxygen atoms in total. The topological polar surface area (TPSA) is 62.1 Å². The van der Waals surface area contributed by atoms with Gasteiger partial charge >= 0.3 is 0 Å². The Morgan fingerprint density at radius 1 is 1.30 bits per heavy atom. The second-order valence-electron chi connectivity index (χ2n) is 6.75. The summed E-state index contributed by atoms with van der Waals surface area (Å²) in [6, 6.07) is 4.45. The number of nitrogens with one attached hydrogen (secondary N) is 1. The number of amides is 1. The molecular formula is C16H23N3O. The maximum absolute atomic E-state index is 13.0. The number of aromatic nitrogens is 1. The summed E-state index contributed by atoms with van der Waals surface area (Å²) in [4.78, 5) is 18.4. The third kappa shape index (κ3) is 1.74. The average Bonchev–Trinajstić information content (AvgIpc) is 3.20. The first-order valence-corrected chi connectivity index (χ1v) is 7.95. The van der Waals surface area contributed by atoms with Gasteiger partial charge in [-0.05, 0) is 56.1 Å². The molecule has 1 aromatic rings. The molecule has 1 saturated heterocycles. The Labute approximate surface area is 119 Å². The molecule has 2 aliphatic carbocycles. The minimum atomic E-state index is 0.0873. The van der Waals surface area contributed by atoms with E-state index in [1.807, 2.05) is 12.3 Å². The Kier molecular flexibility index (Phi) is 2.88. The fraction of sp³-hybridized carbons (Fsp3) is 0.688. The summed E-state index contributed by atoms with van der Waals surface area (Å²) in [6.45, 7) is 0.892. The van der Waals surface area contributed by atoms with Gasteiger partial charge in [-0.25, -0.2) is 0 Å². The van der Waals surface area contributed by atoms with Crippen LogP contribution in [0.2, 0.25) is 0 Å². The number of H-pyrrole nitrogens is 1. The molecule has 1 aliphatic heterocycles. The van der Waals surface area contributed by atoms with E-state index in [4.69, 9.17) is 5.73 Å². The molecule has 20 heavy (non-hydrogen) atoms. The highest BCUT2D eigenvalue weighted by molar-refractivity contribution is 5.81. The predicted molar refractivity (Wildman–Crippen MR) is 76.8 cm³/mol. The molecule has 0 aromatic carbocycles. The fourth-order valence-corrected chi connectivity index (χ4v) is 4.80. The van der Waals surface area contributed by atoms with Crippen molar-refractivity contribution in [2.24, 2.45) is 23.5 Å². The van der Waals surface area contributed by atoms with Crippen LogP contribution in [0.15, 0.2) is 18.3 Å². The van der Waals surface area contributed by atoms with Gasteiger partial charge in [-0.15, -0.1) is 0 Å². The molecule has 1 amide bonds. The van der Waals surface area contributed by atoms with Gasteiger partial charge in [-0.3, -0.25) is 4.79 Å². The maximum atomic E-state index is 13.0. The number of nitrogens with two attached hydrogens (primary N) is 1. The molecule has 5 unspecified atom stereocenters. The van der Waals surface area contributed by atoms with Crippen LogP contribution in [-0.4, -0.2) is 28.4 Å². The van der Waals surface area contributed by atoms with Crippen molar-refractivity contribution in [1.29, 1.82) is 0 Å². The molecule has 4 rings (SSSR count). The number of rotatable bonds is 2. The Morgan fingerprint density at radius 3 is 2.85 bits per heavy atom. The van der Waals surface area contributed by atoms with Crippen LogP contribution in [0.3, 0.4) is 0 Å². The molecule has 4 heteroatoms. The molecule has 2 saturated carbocycles. The fourth-order valence-electron chi connectivity index (χ4n) is 4.80. The molecule has 3 aliphatic rings. The van der Waals surface area contributed by atoms with Crippen molar-refractivity contribution in [3.05, 3.63) is 24.0 Å². The van der Waals surface area contributed by atoms with E-state index >= 15 is 0 Å². The van der Waals surface area contributed by atoms with E-state index < -0.39 is 0 Å². The van der Waals surface area contributed by atoms with E-state index in [9.17, 15) is 4.79 Å². The van der Waals surface area contributed by atoms with E-state index in [2.05, 4.69) is 16.0 Å². The van der Waals surface area contributed by atoms with E-state index in [-0.39, 0.29) is 18.0 Å². The minimum absolute atomic E-state index is 0.0873. The first kappa shape index (κ1) is 12.5. The Morgan fingerprint density at radius 2 is 2.15 bits per heavy atom. The second-order valence-corrected chi connectivity index (χ2v) is 6.75. The third-order valence-electron chi connectivity index (χ3n) is 5.78. The lowest BCUT2D eigenvalue weighted by atomic mass is 9.84. The number of likely N-dealkylation sites (tertiary alicyclic amines) is 1. The molecule has 2 heterocycles. The summed E-state index contributed by atoms with van der Waals surface area (Å²) >= 11 is 0. The second kappa shape index (κ2) is 4.62. The van der Waals surface area contributed by atoms with Gasteiger partial charge in [0.05, 0.1) is 12.0 Å². The van der Waals surface area contributed by atoms with Crippen molar-refractivity contribution in [3.63, 3.8) is 0 Å². The smallest absolute Gasteiger partial charge is 0.228 e. The number of fused-ring (bicyclic) bond motifs is 2. The van der Waals surface area contributed by atoms with Gasteiger partial charge < -0.3 is 15.6 Å². The van der Waals surface area contributed by atoms with Gasteiger partial charge in [-0.1, -0.05) is 0 Å². The zero-order chi connectivity index (χ0) is 13.7. The van der Waals surface area contributed by atoms with E-state index in [0.717, 1.165) is 19.4 Å². The molecule has 1 aromatic heterocycles. The minimum Gasteiger partial charge on any atom is -0.363 e. The van der Waals surface area contributed by atoms with Crippen LogP contribution in [0.1, 0.15) is 43.8 Å². The van der Waals surface area contributed by atoms with Crippen molar-refractivity contribution < 1.29 is 4.79 Å². The van der Waals surface area contributed by atoms with Crippen LogP contribution in [0.5, 0.6) is 0 Å². The highest BCUT2D eigenvalue weighted by atomic mass is 16.2. The van der Waals surface area contributed by atoms with Crippen LogP contribution in [-0.2, 0) is 4.79 Å². The van der Waals surface area contributed by atoms with Crippen LogP contribution >= 0.6 is 0 Å². The van der Waals surface area contributed by atoms with Gasteiger partial charge in [0.25, 0.3) is 0 Å². The third-order valence-corrected chi connectivity index (χ3v) is 5.78. The monoisotopic (exact) mass is 273 g/mol. The van der Waals surface area contributed by atoms with E-state index in [1.54, 1.807) is 0 Å². The summed E-state index contributed by atoms with van der Waals surface area (Å²) in [6.07, 6.45) is 7.73. The van der Waals surface area contributed by atoms with Gasteiger partial charge in [0, 0.05) is 24.5 Å². The van der Waals surface area contributed by atoms with E-state index in [1.165, 1.54) is 25.0 Å². The summed E-state index contributed by atoms with van der Waals surface area (Å²) < 4.78 is 0. The number of aromatic amines is 1. The molecule has 0 spiro atoms. The molecule has 2 bridgehead atoms. The highest BCUT2D eigenvalue weighted by Crippen LogP contribution is 2.49. The maximum Gasteiger partial charge on any atom is 0.228 e. The Balaban J connectivity index is 1.56. The average molecular weight is 273 g/mol. The quantitative estimate of drug-likeness (QED) is 0.866. The van der Waals surface area contributed by atoms with Crippen LogP contribution < -0.4 is 5.73 Å². The number of hydrogen-bond donors (Lipinski definition) is 2. The first-order valence-electron chi connectivity index (χ1n) is 7.95. The van der Waals surface area contributed by atoms with Crippen molar-refractivity contribution in [2.45, 2.75) is 44.2 Å². The summed E-state index contributed by atoms with van der Waals surface area (Å²) in [5.74, 6) is 1.55.